The van der Waals surface area contributed by atoms with Crippen LogP contribution in [0.4, 0.5) is 0 Å². The normalized spacial score (nSPS) is 11.9. The molecule has 0 saturated carbocycles. The van der Waals surface area contributed by atoms with Gasteiger partial charge in [0, 0.05) is 64.5 Å². The zero-order valence-electron chi connectivity index (χ0n) is 64.2. The summed E-state index contributed by atoms with van der Waals surface area (Å²) >= 11 is 0. The maximum atomic E-state index is 14.0. The van der Waals surface area contributed by atoms with Crippen LogP contribution < -0.4 is 48.5 Å². The van der Waals surface area contributed by atoms with Crippen molar-refractivity contribution in [3.05, 3.63) is 235 Å². The Balaban J connectivity index is 0.867. The Morgan fingerprint density at radius 1 is 0.223 bits per heavy atom. The average molecular weight is 1530 g/mol. The lowest BCUT2D eigenvalue weighted by Gasteiger charge is -2.22. The molecule has 2 aliphatic rings. The van der Waals surface area contributed by atoms with Crippen LogP contribution in [0.15, 0.2) is 146 Å². The number of hydrogen-bond acceptors (Lipinski definition) is 22. The van der Waals surface area contributed by atoms with Crippen LogP contribution in [-0.2, 0) is 118 Å². The smallest absolute Gasteiger partial charge is 0.344 e. The Hall–Kier alpha value is -12.1. The van der Waals surface area contributed by atoms with Crippen molar-refractivity contribution in [3.8, 4) is 46.0 Å². The van der Waals surface area contributed by atoms with Gasteiger partial charge in [-0.05, 0) is 143 Å². The molecule has 0 saturated heterocycles. The number of amides is 2. The van der Waals surface area contributed by atoms with Gasteiger partial charge in [0.05, 0.1) is 39.6 Å². The quantitative estimate of drug-likeness (QED) is 0.0212. The molecule has 0 atom stereocenters. The van der Waals surface area contributed by atoms with E-state index in [0.717, 1.165) is 0 Å². The summed E-state index contributed by atoms with van der Waals surface area (Å²) in [6.07, 6.45) is 2.76. The molecule has 2 aliphatic carbocycles. The second-order valence-electron chi connectivity index (χ2n) is 26.2. The lowest BCUT2D eigenvalue weighted by Crippen LogP contribution is -2.32. The average Bonchev–Trinajstić information content (AvgIpc) is 0.790. The van der Waals surface area contributed by atoms with Gasteiger partial charge in [0.2, 0.25) is 0 Å². The lowest BCUT2D eigenvalue weighted by molar-refractivity contribution is -0.146. The summed E-state index contributed by atoms with van der Waals surface area (Å²) in [6, 6.07) is 45.5. The summed E-state index contributed by atoms with van der Waals surface area (Å²) in [4.78, 5) is 106. The van der Waals surface area contributed by atoms with Crippen molar-refractivity contribution >= 4 is 47.6 Å². The number of benzene rings is 8. The summed E-state index contributed by atoms with van der Waals surface area (Å²) in [7, 11) is 0. The van der Waals surface area contributed by atoms with E-state index in [0.29, 0.717) is 148 Å². The van der Waals surface area contributed by atoms with Gasteiger partial charge in [0.25, 0.3) is 11.8 Å². The Bertz CT molecular complexity index is 4110. The third-order valence-corrected chi connectivity index (χ3v) is 18.3. The molecule has 10 rings (SSSR count). The molecule has 2 N–H and O–H groups in total. The monoisotopic (exact) mass is 1530 g/mol. The summed E-state index contributed by atoms with van der Waals surface area (Å²) < 4.78 is 83.4. The van der Waals surface area contributed by atoms with E-state index >= 15 is 0 Å². The van der Waals surface area contributed by atoms with E-state index in [1.807, 2.05) is 146 Å². The van der Waals surface area contributed by atoms with Gasteiger partial charge in [-0.2, -0.15) is 0 Å². The van der Waals surface area contributed by atoms with Crippen molar-refractivity contribution in [3.63, 3.8) is 0 Å². The van der Waals surface area contributed by atoms with E-state index in [2.05, 4.69) is 10.6 Å². The molecule has 0 fully saturated rings. The van der Waals surface area contributed by atoms with E-state index in [4.69, 9.17) is 66.3 Å². The molecule has 8 aromatic rings. The number of ether oxygens (including phenoxy) is 14. The molecule has 0 heterocycles. The molecule has 590 valence electrons. The van der Waals surface area contributed by atoms with Crippen molar-refractivity contribution < 1.29 is 105 Å². The molecule has 0 aliphatic heterocycles. The Kier molecular flexibility index (Phi) is 31.1. The van der Waals surface area contributed by atoms with Crippen LogP contribution in [0, 0.1) is 0 Å². The first-order chi connectivity index (χ1) is 54.6. The zero-order valence-corrected chi connectivity index (χ0v) is 64.2. The SMILES string of the molecule is CCOC(=O)COc1c2cccc1Cc1cccc(c1OCC(=O)OCC)Cc1cccc(c1OCC(=O)OCC)Cc1cccc(c1OCC(=O)NCCCCNC(=O)COc1c3cccc1Cc1cccc(c1OCC(=O)OCC)Cc1cccc(c1OCC(=O)OCC)Cc1cccc(c1OCC(=O)OCC)C3)C2. The van der Waals surface area contributed by atoms with Crippen molar-refractivity contribution in [2.75, 3.05) is 106 Å². The highest BCUT2D eigenvalue weighted by Gasteiger charge is 2.28. The fourth-order valence-electron chi connectivity index (χ4n) is 13.5. The predicted molar refractivity (Wildman–Crippen MR) is 413 cm³/mol. The number of unbranched alkanes of at least 4 members (excludes halogenated alkanes) is 1. The molecule has 2 amide bonds. The largest absolute Gasteiger partial charge is 0.483 e. The van der Waals surface area contributed by atoms with Crippen LogP contribution in [0.25, 0.3) is 0 Å². The van der Waals surface area contributed by atoms with E-state index in [-0.39, 0.29) is 157 Å². The third-order valence-electron chi connectivity index (χ3n) is 18.3. The first-order valence-electron chi connectivity index (χ1n) is 37.9. The molecule has 24 nitrogen and oxygen atoms in total. The van der Waals surface area contributed by atoms with Crippen LogP contribution in [0.1, 0.15) is 143 Å². The van der Waals surface area contributed by atoms with Gasteiger partial charge in [0.1, 0.15) is 46.0 Å². The van der Waals surface area contributed by atoms with Crippen molar-refractivity contribution in [2.24, 2.45) is 0 Å². The second kappa shape index (κ2) is 42.2. The molecule has 24 heteroatoms. The number of hydrogen-bond donors (Lipinski definition) is 2. The number of rotatable bonds is 35. The van der Waals surface area contributed by atoms with Gasteiger partial charge in [0.15, 0.2) is 52.9 Å². The lowest BCUT2D eigenvalue weighted by atomic mass is 9.91. The Morgan fingerprint density at radius 3 is 0.491 bits per heavy atom. The second-order valence-corrected chi connectivity index (χ2v) is 26.2. The van der Waals surface area contributed by atoms with E-state index < -0.39 is 47.6 Å². The molecule has 0 radical (unpaired) electrons. The van der Waals surface area contributed by atoms with Crippen molar-refractivity contribution in [1.29, 1.82) is 0 Å². The maximum absolute atomic E-state index is 14.0. The zero-order chi connectivity index (χ0) is 79.1. The molecule has 0 aromatic heterocycles. The Labute approximate surface area is 651 Å². The van der Waals surface area contributed by atoms with Gasteiger partial charge >= 0.3 is 35.8 Å². The van der Waals surface area contributed by atoms with Crippen molar-refractivity contribution in [1.82, 2.24) is 10.6 Å². The van der Waals surface area contributed by atoms with E-state index in [9.17, 15) is 38.4 Å². The number of para-hydroxylation sites is 8. The van der Waals surface area contributed by atoms with Gasteiger partial charge in [-0.15, -0.1) is 0 Å². The topological polar surface area (TPSA) is 290 Å². The van der Waals surface area contributed by atoms with E-state index in [1.54, 1.807) is 41.5 Å². The first kappa shape index (κ1) is 82.4. The minimum atomic E-state index is -0.562. The van der Waals surface area contributed by atoms with Gasteiger partial charge in [-0.25, -0.2) is 28.8 Å². The number of carbonyl (C=O) groups excluding carboxylic acids is 8. The van der Waals surface area contributed by atoms with Gasteiger partial charge < -0.3 is 76.9 Å². The van der Waals surface area contributed by atoms with Gasteiger partial charge in [-0.3, -0.25) is 9.59 Å². The van der Waals surface area contributed by atoms with Crippen LogP contribution in [0.3, 0.4) is 0 Å². The molecular formula is C88H96N2O22. The highest BCUT2D eigenvalue weighted by atomic mass is 16.6. The van der Waals surface area contributed by atoms with Crippen LogP contribution in [0.2, 0.25) is 0 Å². The molecule has 0 unspecified atom stereocenters. The summed E-state index contributed by atoms with van der Waals surface area (Å²) in [5.41, 5.74) is 11.1. The number of nitrogens with one attached hydrogen (secondary N) is 2. The highest BCUT2D eigenvalue weighted by Crippen LogP contribution is 2.42. The first-order valence-corrected chi connectivity index (χ1v) is 37.9. The third kappa shape index (κ3) is 23.2. The maximum Gasteiger partial charge on any atom is 0.344 e. The molecule has 0 spiro atoms. The fourth-order valence-corrected chi connectivity index (χ4v) is 13.5. The molecule has 8 aromatic carbocycles. The van der Waals surface area contributed by atoms with E-state index in [1.165, 1.54) is 0 Å². The van der Waals surface area contributed by atoms with Crippen LogP contribution in [-0.4, -0.2) is 153 Å². The minimum Gasteiger partial charge on any atom is -0.483 e. The molecule has 112 heavy (non-hydrogen) atoms. The Morgan fingerprint density at radius 2 is 0.357 bits per heavy atom. The van der Waals surface area contributed by atoms with Crippen LogP contribution in [0.5, 0.6) is 46.0 Å². The standard InChI is InChI=1S/C88H96N2O22/c1-7-99-75(93)51-107-83-61-27-17-31-65(83)45-69-35-21-36-70(87(69)111-55-79(97)103-11-5)46-66-32-18-28-62(84(66)108-52-76(94)100-8-2)42-58-24-15-23-57(41-61)81(58)105-49-73(91)89-39-13-14-40-90-74(92)50-106-82-59-25-16-26-60(82)44-64-30-20-34-68(86(64)110-54-78(96)102-10-4)48-72-38-22-37-71(88(72)112-56-80(98)104-12-6)47-67-33-19-29-63(43-59)85(67)109-53-77(95)101-9-3/h15-38H,7-14,39-56H2,1-6H3,(H,89,91)(H,90,92). The highest BCUT2D eigenvalue weighted by molar-refractivity contribution is 5.79. The minimum absolute atomic E-state index is 0.151. The fraction of sp³-hybridized carbons (Fsp3) is 0.364. The summed E-state index contributed by atoms with van der Waals surface area (Å²) in [5.74, 6) is -0.745. The van der Waals surface area contributed by atoms with Crippen LogP contribution >= 0.6 is 0 Å². The predicted octanol–water partition coefficient (Wildman–Crippen LogP) is 11.2. The van der Waals surface area contributed by atoms with Crippen molar-refractivity contribution in [2.45, 2.75) is 106 Å². The molecular weight excluding hydrogens is 1440 g/mol. The number of fused-ring (bicyclic) bond motifs is 16. The molecule has 16 bridgehead atoms. The number of carbonyl (C=O) groups is 8. The summed E-state index contributed by atoms with van der Waals surface area (Å²) in [6.45, 7) is 8.67. The number of esters is 6. The summed E-state index contributed by atoms with van der Waals surface area (Å²) in [5, 5.41) is 5.96. The van der Waals surface area contributed by atoms with Gasteiger partial charge in [-0.1, -0.05) is 146 Å².